The molecule has 0 aliphatic carbocycles. The maximum Gasteiger partial charge on any atom is 0.224 e. The molecule has 1 radical (unpaired) electrons. The number of benzene rings is 1. The van der Waals surface area contributed by atoms with E-state index in [1.54, 1.807) is 18.6 Å². The third-order valence-electron chi connectivity index (χ3n) is 8.24. The summed E-state index contributed by atoms with van der Waals surface area (Å²) >= 11 is 0. The Morgan fingerprint density at radius 2 is 1.80 bits per heavy atom. The van der Waals surface area contributed by atoms with E-state index in [0.29, 0.717) is 75.5 Å². The molecule has 0 fully saturated rings. The van der Waals surface area contributed by atoms with Gasteiger partial charge in [0.25, 0.3) is 0 Å². The summed E-state index contributed by atoms with van der Waals surface area (Å²) in [7, 11) is 0. The van der Waals surface area contributed by atoms with Crippen LogP contribution in [-0.4, -0.2) is 95.1 Å². The Labute approximate surface area is 291 Å². The molecule has 0 saturated heterocycles. The number of nitrogens with one attached hydrogen (secondary N) is 3. The van der Waals surface area contributed by atoms with Gasteiger partial charge in [0.05, 0.1) is 37.2 Å². The fraction of sp³-hybridized carbons (Fsp3) is 0.576. The number of carbonyl (C=O) groups excluding carboxylic acids is 3. The average Bonchev–Trinajstić information content (AvgIpc) is 2.98. The fourth-order valence-corrected chi connectivity index (χ4v) is 4.97. The number of pyridine rings is 1. The Bertz CT molecular complexity index is 1460. The van der Waals surface area contributed by atoms with Crippen molar-refractivity contribution in [2.75, 3.05) is 32.8 Å². The number of hydrogen-bond acceptors (Lipinski definition) is 7. The molecule has 2 aromatic rings. The first-order chi connectivity index (χ1) is 21.5. The molecule has 1 aromatic heterocycles. The number of ether oxygens (including phenoxy) is 1. The summed E-state index contributed by atoms with van der Waals surface area (Å²) in [6.07, 6.45) is 7.06. The van der Waals surface area contributed by atoms with Crippen LogP contribution in [0.25, 0.3) is 10.9 Å². The summed E-state index contributed by atoms with van der Waals surface area (Å²) in [6, 6.07) is 5.41. The number of aryl methyl sites for hydroxylation is 1. The number of fused-ring (bicyclic) bond motifs is 1. The predicted molar refractivity (Wildman–Crippen MR) is 183 cm³/mol. The van der Waals surface area contributed by atoms with Crippen LogP contribution >= 0.6 is 0 Å². The van der Waals surface area contributed by atoms with Crippen molar-refractivity contribution in [1.29, 1.82) is 0 Å². The quantitative estimate of drug-likeness (QED) is 0.0904. The molecular weight excluding hydrogens is 779 g/mol. The van der Waals surface area contributed by atoms with Gasteiger partial charge in [-0.3, -0.25) is 19.2 Å². The van der Waals surface area contributed by atoms with E-state index in [9.17, 15) is 19.2 Å². The molecule has 0 spiro atoms. The minimum atomic E-state index is -0.319. The van der Waals surface area contributed by atoms with Crippen LogP contribution in [0.5, 0.6) is 0 Å². The van der Waals surface area contributed by atoms with E-state index in [2.05, 4.69) is 53.6 Å². The maximum atomic E-state index is 12.7. The molecule has 2 amide bonds. The van der Waals surface area contributed by atoms with Gasteiger partial charge in [0.2, 0.25) is 17.8 Å². The molecule has 2 heterocycles. The number of amides is 2. The summed E-state index contributed by atoms with van der Waals surface area (Å²) in [5.74, 6) is 0.191. The molecule has 1 atom stereocenters. The van der Waals surface area contributed by atoms with Crippen LogP contribution in [0, 0.1) is 10.8 Å². The van der Waals surface area contributed by atoms with E-state index < -0.39 is 0 Å². The topological polar surface area (TPSA) is 169 Å². The summed E-state index contributed by atoms with van der Waals surface area (Å²) in [6.45, 7) is 12.3. The van der Waals surface area contributed by atoms with Gasteiger partial charge in [0.15, 0.2) is 11.7 Å². The number of hydrogen-bond donors (Lipinski definition) is 4. The summed E-state index contributed by atoms with van der Waals surface area (Å²) in [4.78, 5) is 57.4. The van der Waals surface area contributed by atoms with E-state index in [1.807, 2.05) is 16.7 Å². The molecule has 13 heteroatoms. The van der Waals surface area contributed by atoms with Crippen LogP contribution < -0.4 is 27.1 Å². The Balaban J connectivity index is 0.00000736. The van der Waals surface area contributed by atoms with E-state index in [-0.39, 0.29) is 73.8 Å². The molecule has 46 heavy (non-hydrogen) atoms. The molecule has 1 aromatic carbocycles. The monoisotopic (exact) mass is 828 g/mol. The minimum Gasteiger partial charge on any atom is -0.380 e. The van der Waals surface area contributed by atoms with Crippen LogP contribution in [0.3, 0.4) is 0 Å². The number of guanidine groups is 1. The summed E-state index contributed by atoms with van der Waals surface area (Å²) < 4.78 is 7.88. The van der Waals surface area contributed by atoms with Crippen molar-refractivity contribution in [2.45, 2.75) is 79.3 Å². The zero-order valence-electron chi connectivity index (χ0n) is 27.7. The van der Waals surface area contributed by atoms with Gasteiger partial charge in [0, 0.05) is 71.4 Å². The van der Waals surface area contributed by atoms with Crippen LogP contribution in [0.15, 0.2) is 39.2 Å². The van der Waals surface area contributed by atoms with Gasteiger partial charge in [-0.1, -0.05) is 33.8 Å². The largest absolute Gasteiger partial charge is 0.380 e. The third kappa shape index (κ3) is 12.3. The molecule has 249 valence electrons. The second kappa shape index (κ2) is 19.0. The number of nitrogens with zero attached hydrogens (tertiary/aromatic N) is 3. The van der Waals surface area contributed by atoms with Gasteiger partial charge in [0.1, 0.15) is 0 Å². The molecule has 12 nitrogen and oxygen atoms in total. The van der Waals surface area contributed by atoms with E-state index in [1.165, 1.54) is 0 Å². The maximum absolute atomic E-state index is 12.7. The summed E-state index contributed by atoms with van der Waals surface area (Å²) in [5, 5.41) is 9.12. The Morgan fingerprint density at radius 3 is 2.41 bits per heavy atom. The van der Waals surface area contributed by atoms with Crippen molar-refractivity contribution in [3.63, 3.8) is 0 Å². The molecular formula is C33H49N7O5Tl. The summed E-state index contributed by atoms with van der Waals surface area (Å²) in [5.41, 5.74) is 7.03. The molecule has 1 aliphatic heterocycles. The van der Waals surface area contributed by atoms with Gasteiger partial charge in [-0.2, -0.15) is 0 Å². The second-order valence-electron chi connectivity index (χ2n) is 12.8. The van der Waals surface area contributed by atoms with E-state index in [4.69, 9.17) is 10.5 Å². The zero-order chi connectivity index (χ0) is 32.9. The standard InChI is InChI=1S/C33H49N7O5.Tl/c1-5-33(4,22-45-21-32(2,3)11-13-34)12-15-36-29(43)10-9-28(42)35-14-6-16-40-19-25(20-41)30(44)26-8-7-24(17-27(26)40)18-37-31-38-23-39-31;/h7-8,17,19-20,23H,5-6,9-16,18,21-22,34H2,1-4H3,(H,35,42)(H,36,43)(H,37,38,39);. The SMILES string of the molecule is CCC(C)(CCNC(=O)CCC(=O)NCCCn1cc(C=O)c(=O)c2ccc(CN=C3N=CN3)cc21)COCC(C)(C)CCN.[Tl]. The van der Waals surface area contributed by atoms with Crippen molar-refractivity contribution in [2.24, 2.45) is 26.5 Å². The molecule has 5 N–H and O–H groups in total. The number of aldehydes is 1. The van der Waals surface area contributed by atoms with Gasteiger partial charge >= 0.3 is 0 Å². The van der Waals surface area contributed by atoms with Crippen molar-refractivity contribution in [1.82, 2.24) is 20.5 Å². The van der Waals surface area contributed by atoms with Crippen LogP contribution in [0.4, 0.5) is 0 Å². The van der Waals surface area contributed by atoms with Crippen molar-refractivity contribution < 1.29 is 19.1 Å². The Kier molecular flexibility index (Phi) is 16.2. The fourth-order valence-electron chi connectivity index (χ4n) is 4.97. The first-order valence-corrected chi connectivity index (χ1v) is 15.8. The molecule has 0 saturated carbocycles. The average molecular weight is 828 g/mol. The van der Waals surface area contributed by atoms with Crippen molar-refractivity contribution >= 4 is 68.6 Å². The van der Waals surface area contributed by atoms with Crippen LogP contribution in [-0.2, 0) is 27.4 Å². The molecule has 0 bridgehead atoms. The van der Waals surface area contributed by atoms with Gasteiger partial charge in [-0.15, -0.1) is 0 Å². The first kappa shape index (κ1) is 39.2. The number of rotatable bonds is 20. The number of carbonyl (C=O) groups is 3. The first-order valence-electron chi connectivity index (χ1n) is 15.8. The van der Waals surface area contributed by atoms with Crippen LogP contribution in [0.2, 0.25) is 0 Å². The van der Waals surface area contributed by atoms with Crippen molar-refractivity contribution in [3.8, 4) is 0 Å². The van der Waals surface area contributed by atoms with E-state index in [0.717, 1.165) is 24.8 Å². The number of aromatic nitrogens is 1. The zero-order valence-corrected chi connectivity index (χ0v) is 32.2. The van der Waals surface area contributed by atoms with Crippen molar-refractivity contribution in [3.05, 3.63) is 45.7 Å². The van der Waals surface area contributed by atoms with Crippen LogP contribution in [0.1, 0.15) is 82.1 Å². The van der Waals surface area contributed by atoms with E-state index >= 15 is 0 Å². The van der Waals surface area contributed by atoms with Gasteiger partial charge in [-0.05, 0) is 60.8 Å². The third-order valence-corrected chi connectivity index (χ3v) is 8.24. The minimum absolute atomic E-state index is 0. The normalized spacial score (nSPS) is 14.6. The number of aliphatic imine (C=N–C) groups is 2. The molecule has 3 rings (SSSR count). The Hall–Kier alpha value is -2.98. The Morgan fingerprint density at radius 1 is 1.11 bits per heavy atom. The molecule has 1 aliphatic rings. The van der Waals surface area contributed by atoms with Gasteiger partial charge in [-0.25, -0.2) is 9.98 Å². The smallest absolute Gasteiger partial charge is 0.224 e. The molecule has 1 unspecified atom stereocenters. The van der Waals surface area contributed by atoms with Gasteiger partial charge < -0.3 is 31.0 Å². The predicted octanol–water partition coefficient (Wildman–Crippen LogP) is 2.52. The second-order valence-corrected chi connectivity index (χ2v) is 12.8. The number of nitrogens with two attached hydrogens (primary N) is 1.